The molecule has 0 amide bonds. The van der Waals surface area contributed by atoms with Gasteiger partial charge in [0.25, 0.3) is 0 Å². The molecule has 0 saturated carbocycles. The fourth-order valence-corrected chi connectivity index (χ4v) is 1.29. The molecule has 0 spiro atoms. The predicted octanol–water partition coefficient (Wildman–Crippen LogP) is 1.33. The van der Waals surface area contributed by atoms with E-state index in [1.165, 1.54) is 0 Å². The lowest BCUT2D eigenvalue weighted by Crippen LogP contribution is -2.01. The molecule has 62 valence electrons. The standard InChI is InChI=1S/C9H10N2O/c10-3-1-7-6-12-9-5-11-4-2-8(7)9/h2,4-6H,1,3,10H2. The fraction of sp³-hybridized carbons (Fsp3) is 0.222. The van der Waals surface area contributed by atoms with Crippen LogP contribution in [0.2, 0.25) is 0 Å². The Morgan fingerprint density at radius 1 is 1.50 bits per heavy atom. The lowest BCUT2D eigenvalue weighted by molar-refractivity contribution is 0.609. The third-order valence-electron chi connectivity index (χ3n) is 1.87. The molecule has 3 heteroatoms. The molecule has 2 N–H and O–H groups in total. The second-order valence-electron chi connectivity index (χ2n) is 2.67. The molecule has 3 nitrogen and oxygen atoms in total. The zero-order valence-electron chi connectivity index (χ0n) is 6.66. The molecule has 0 bridgehead atoms. The average Bonchev–Trinajstić information content (AvgIpc) is 2.50. The van der Waals surface area contributed by atoms with E-state index in [9.17, 15) is 0 Å². The van der Waals surface area contributed by atoms with Crippen molar-refractivity contribution in [3.8, 4) is 0 Å². The van der Waals surface area contributed by atoms with Crippen LogP contribution in [0.5, 0.6) is 0 Å². The van der Waals surface area contributed by atoms with Gasteiger partial charge in [-0.25, -0.2) is 0 Å². The van der Waals surface area contributed by atoms with Gasteiger partial charge in [0.05, 0.1) is 12.5 Å². The van der Waals surface area contributed by atoms with Crippen molar-refractivity contribution in [2.75, 3.05) is 6.54 Å². The topological polar surface area (TPSA) is 52.0 Å². The Hall–Kier alpha value is -1.35. The molecule has 0 radical (unpaired) electrons. The molecular formula is C9H10N2O. The van der Waals surface area contributed by atoms with Gasteiger partial charge in [-0.05, 0) is 24.6 Å². The normalized spacial score (nSPS) is 10.8. The van der Waals surface area contributed by atoms with E-state index in [1.54, 1.807) is 18.7 Å². The van der Waals surface area contributed by atoms with Gasteiger partial charge in [-0.2, -0.15) is 0 Å². The maximum atomic E-state index is 5.45. The number of aromatic nitrogens is 1. The van der Waals surface area contributed by atoms with Crippen LogP contribution in [0.25, 0.3) is 11.0 Å². The monoisotopic (exact) mass is 162 g/mol. The van der Waals surface area contributed by atoms with Gasteiger partial charge >= 0.3 is 0 Å². The number of hydrogen-bond acceptors (Lipinski definition) is 3. The first kappa shape index (κ1) is 7.31. The van der Waals surface area contributed by atoms with Crippen LogP contribution in [0.1, 0.15) is 5.56 Å². The lowest BCUT2D eigenvalue weighted by Gasteiger charge is -1.91. The lowest BCUT2D eigenvalue weighted by atomic mass is 10.1. The van der Waals surface area contributed by atoms with Crippen LogP contribution in [0.15, 0.2) is 29.1 Å². The summed E-state index contributed by atoms with van der Waals surface area (Å²) < 4.78 is 5.28. The highest BCUT2D eigenvalue weighted by Crippen LogP contribution is 2.19. The summed E-state index contributed by atoms with van der Waals surface area (Å²) >= 11 is 0. The molecule has 0 aromatic carbocycles. The molecule has 2 heterocycles. The molecule has 0 aliphatic heterocycles. The molecule has 0 unspecified atom stereocenters. The Bertz CT molecular complexity index is 381. The van der Waals surface area contributed by atoms with Gasteiger partial charge in [0.15, 0.2) is 5.58 Å². The van der Waals surface area contributed by atoms with Crippen LogP contribution >= 0.6 is 0 Å². The zero-order chi connectivity index (χ0) is 8.39. The zero-order valence-corrected chi connectivity index (χ0v) is 6.66. The Balaban J connectivity index is 2.55. The molecular weight excluding hydrogens is 152 g/mol. The van der Waals surface area contributed by atoms with Gasteiger partial charge in [-0.3, -0.25) is 4.98 Å². The molecule has 0 fully saturated rings. The van der Waals surface area contributed by atoms with Crippen molar-refractivity contribution in [3.63, 3.8) is 0 Å². The smallest absolute Gasteiger partial charge is 0.152 e. The number of hydrogen-bond donors (Lipinski definition) is 1. The van der Waals surface area contributed by atoms with E-state index in [1.807, 2.05) is 6.07 Å². The summed E-state index contributed by atoms with van der Waals surface area (Å²) in [5, 5.41) is 1.12. The highest BCUT2D eigenvalue weighted by molar-refractivity contribution is 5.79. The average molecular weight is 162 g/mol. The SMILES string of the molecule is NCCc1coc2cnccc12. The Morgan fingerprint density at radius 2 is 2.42 bits per heavy atom. The highest BCUT2D eigenvalue weighted by Gasteiger charge is 2.02. The van der Waals surface area contributed by atoms with E-state index in [-0.39, 0.29) is 0 Å². The number of rotatable bonds is 2. The molecule has 2 rings (SSSR count). The minimum Gasteiger partial charge on any atom is -0.462 e. The number of pyridine rings is 1. The first-order valence-electron chi connectivity index (χ1n) is 3.92. The van der Waals surface area contributed by atoms with Crippen molar-refractivity contribution in [3.05, 3.63) is 30.3 Å². The van der Waals surface area contributed by atoms with E-state index < -0.39 is 0 Å². The van der Waals surface area contributed by atoms with Gasteiger partial charge < -0.3 is 10.2 Å². The minimum atomic E-state index is 0.650. The summed E-state index contributed by atoms with van der Waals surface area (Å²) in [5.41, 5.74) is 7.45. The maximum Gasteiger partial charge on any atom is 0.152 e. The molecule has 0 atom stereocenters. The predicted molar refractivity (Wildman–Crippen MR) is 46.8 cm³/mol. The number of fused-ring (bicyclic) bond motifs is 1. The van der Waals surface area contributed by atoms with Crippen LogP contribution < -0.4 is 5.73 Å². The first-order chi connectivity index (χ1) is 5.92. The van der Waals surface area contributed by atoms with E-state index in [0.717, 1.165) is 23.0 Å². The van der Waals surface area contributed by atoms with E-state index in [2.05, 4.69) is 4.98 Å². The van der Waals surface area contributed by atoms with Crippen molar-refractivity contribution in [2.45, 2.75) is 6.42 Å². The highest BCUT2D eigenvalue weighted by atomic mass is 16.3. The Labute approximate surface area is 70.2 Å². The van der Waals surface area contributed by atoms with E-state index in [0.29, 0.717) is 6.54 Å². The molecule has 0 aliphatic rings. The third kappa shape index (κ3) is 1.08. The summed E-state index contributed by atoms with van der Waals surface area (Å²) in [6.07, 6.45) is 6.09. The number of nitrogens with zero attached hydrogens (tertiary/aromatic N) is 1. The second kappa shape index (κ2) is 2.95. The quantitative estimate of drug-likeness (QED) is 0.724. The first-order valence-corrected chi connectivity index (χ1v) is 3.92. The maximum absolute atomic E-state index is 5.45. The van der Waals surface area contributed by atoms with Crippen molar-refractivity contribution < 1.29 is 4.42 Å². The van der Waals surface area contributed by atoms with Crippen molar-refractivity contribution >= 4 is 11.0 Å². The van der Waals surface area contributed by atoms with Gasteiger partial charge in [0.1, 0.15) is 0 Å². The van der Waals surface area contributed by atoms with E-state index >= 15 is 0 Å². The molecule has 0 saturated heterocycles. The molecule has 0 aliphatic carbocycles. The second-order valence-corrected chi connectivity index (χ2v) is 2.67. The van der Waals surface area contributed by atoms with Gasteiger partial charge in [-0.15, -0.1) is 0 Å². The van der Waals surface area contributed by atoms with Crippen molar-refractivity contribution in [2.24, 2.45) is 5.73 Å². The van der Waals surface area contributed by atoms with Crippen molar-refractivity contribution in [1.29, 1.82) is 0 Å². The van der Waals surface area contributed by atoms with Crippen LogP contribution in [0.4, 0.5) is 0 Å². The minimum absolute atomic E-state index is 0.650. The molecule has 12 heavy (non-hydrogen) atoms. The summed E-state index contributed by atoms with van der Waals surface area (Å²) in [7, 11) is 0. The van der Waals surface area contributed by atoms with Crippen LogP contribution in [0, 0.1) is 0 Å². The number of nitrogens with two attached hydrogens (primary N) is 1. The van der Waals surface area contributed by atoms with Crippen LogP contribution in [-0.2, 0) is 6.42 Å². The summed E-state index contributed by atoms with van der Waals surface area (Å²) in [6.45, 7) is 0.650. The third-order valence-corrected chi connectivity index (χ3v) is 1.87. The fourth-order valence-electron chi connectivity index (χ4n) is 1.29. The van der Waals surface area contributed by atoms with Gasteiger partial charge in [0.2, 0.25) is 0 Å². The largest absolute Gasteiger partial charge is 0.462 e. The van der Waals surface area contributed by atoms with Crippen molar-refractivity contribution in [1.82, 2.24) is 4.98 Å². The molecule has 2 aromatic rings. The Kier molecular flexibility index (Phi) is 1.80. The van der Waals surface area contributed by atoms with E-state index in [4.69, 9.17) is 10.2 Å². The Morgan fingerprint density at radius 3 is 3.25 bits per heavy atom. The van der Waals surface area contributed by atoms with Gasteiger partial charge in [0, 0.05) is 11.6 Å². The summed E-state index contributed by atoms with van der Waals surface area (Å²) in [5.74, 6) is 0. The summed E-state index contributed by atoms with van der Waals surface area (Å²) in [4.78, 5) is 3.96. The van der Waals surface area contributed by atoms with Gasteiger partial charge in [-0.1, -0.05) is 0 Å². The number of furan rings is 1. The van der Waals surface area contributed by atoms with Crippen LogP contribution in [0.3, 0.4) is 0 Å². The summed E-state index contributed by atoms with van der Waals surface area (Å²) in [6, 6.07) is 1.95. The molecule has 2 aromatic heterocycles. The van der Waals surface area contributed by atoms with Crippen LogP contribution in [-0.4, -0.2) is 11.5 Å².